The van der Waals surface area contributed by atoms with Crippen molar-refractivity contribution in [2.45, 2.75) is 19.6 Å². The zero-order chi connectivity index (χ0) is 12.4. The molecule has 0 aliphatic carbocycles. The van der Waals surface area contributed by atoms with Gasteiger partial charge in [0, 0.05) is 11.2 Å². The maximum atomic E-state index is 9.26. The van der Waals surface area contributed by atoms with Crippen molar-refractivity contribution in [2.75, 3.05) is 0 Å². The second-order valence-corrected chi connectivity index (χ2v) is 4.66. The van der Waals surface area contributed by atoms with Crippen molar-refractivity contribution in [3.8, 4) is 0 Å². The predicted octanol–water partition coefficient (Wildman–Crippen LogP) is 3.30. The Morgan fingerprint density at radius 1 is 1.41 bits per heavy atom. The lowest BCUT2D eigenvalue weighted by atomic mass is 10.1. The second-order valence-electron chi connectivity index (χ2n) is 3.84. The van der Waals surface area contributed by atoms with Crippen LogP contribution in [0.2, 0.25) is 5.02 Å². The molecule has 0 spiro atoms. The lowest BCUT2D eigenvalue weighted by Gasteiger charge is -2.16. The van der Waals surface area contributed by atoms with Gasteiger partial charge in [-0.3, -0.25) is 0 Å². The third-order valence-corrected chi connectivity index (χ3v) is 3.36. The van der Waals surface area contributed by atoms with Crippen molar-refractivity contribution < 1.29 is 5.11 Å². The number of hydrogen-bond donors (Lipinski definition) is 2. The molecule has 0 aliphatic heterocycles. The number of benzene rings is 1. The highest BCUT2D eigenvalue weighted by Crippen LogP contribution is 2.22. The van der Waals surface area contributed by atoms with Crippen LogP contribution in [0.5, 0.6) is 0 Å². The van der Waals surface area contributed by atoms with Crippen LogP contribution in [-0.4, -0.2) is 14.7 Å². The van der Waals surface area contributed by atoms with Crippen LogP contribution in [0.3, 0.4) is 0 Å². The van der Waals surface area contributed by atoms with Gasteiger partial charge in [0.05, 0.1) is 18.3 Å². The highest BCUT2D eigenvalue weighted by molar-refractivity contribution is 7.71. The van der Waals surface area contributed by atoms with Gasteiger partial charge in [-0.05, 0) is 36.8 Å². The fourth-order valence-electron chi connectivity index (χ4n) is 1.85. The largest absolute Gasteiger partial charge is 0.390 e. The average Bonchev–Trinajstić information content (AvgIpc) is 2.70. The molecule has 0 fully saturated rings. The Balaban J connectivity index is 2.43. The molecule has 1 aromatic heterocycles. The summed E-state index contributed by atoms with van der Waals surface area (Å²) in [6, 6.07) is 7.68. The number of aromatic nitrogens is 2. The van der Waals surface area contributed by atoms with E-state index in [9.17, 15) is 5.11 Å². The first kappa shape index (κ1) is 12.4. The zero-order valence-corrected chi connectivity index (χ0v) is 10.9. The Bertz CT molecular complexity index is 559. The summed E-state index contributed by atoms with van der Waals surface area (Å²) in [5.74, 6) is 0. The molecule has 0 aliphatic rings. The Hall–Kier alpha value is -1.10. The summed E-state index contributed by atoms with van der Waals surface area (Å²) in [5.41, 5.74) is 1.87. The topological polar surface area (TPSA) is 41.0 Å². The van der Waals surface area contributed by atoms with Crippen LogP contribution in [0.25, 0.3) is 0 Å². The summed E-state index contributed by atoms with van der Waals surface area (Å²) in [6.45, 7) is 2.00. The number of H-pyrrole nitrogens is 1. The molecule has 90 valence electrons. The molecule has 0 bridgehead atoms. The van der Waals surface area contributed by atoms with Crippen LogP contribution in [0.15, 0.2) is 30.5 Å². The smallest absolute Gasteiger partial charge is 0.177 e. The van der Waals surface area contributed by atoms with Crippen LogP contribution < -0.4 is 0 Å². The summed E-state index contributed by atoms with van der Waals surface area (Å²) < 4.78 is 2.51. The standard InChI is InChI=1S/C12H13ClN2OS/c1-8(9-2-4-10(13)5-3-9)15-11(7-16)6-14-12(15)17/h2-6,8,16H,7H2,1H3,(H,14,17). The number of aliphatic hydroxyl groups is 1. The highest BCUT2D eigenvalue weighted by Gasteiger charge is 2.12. The van der Waals surface area contributed by atoms with Crippen LogP contribution in [0.4, 0.5) is 0 Å². The molecule has 2 N–H and O–H groups in total. The quantitative estimate of drug-likeness (QED) is 0.839. The molecule has 17 heavy (non-hydrogen) atoms. The van der Waals surface area contributed by atoms with Crippen molar-refractivity contribution in [1.82, 2.24) is 9.55 Å². The fourth-order valence-corrected chi connectivity index (χ4v) is 2.31. The van der Waals surface area contributed by atoms with E-state index in [0.717, 1.165) is 11.3 Å². The summed E-state index contributed by atoms with van der Waals surface area (Å²) in [7, 11) is 0. The number of nitrogens with one attached hydrogen (secondary N) is 1. The maximum absolute atomic E-state index is 9.26. The molecular weight excluding hydrogens is 256 g/mol. The van der Waals surface area contributed by atoms with Crippen molar-refractivity contribution in [2.24, 2.45) is 0 Å². The normalized spacial score (nSPS) is 12.6. The SMILES string of the molecule is CC(c1ccc(Cl)cc1)n1c(CO)c[nH]c1=S. The molecule has 1 atom stereocenters. The number of hydrogen-bond acceptors (Lipinski definition) is 2. The van der Waals surface area contributed by atoms with E-state index in [-0.39, 0.29) is 12.6 Å². The van der Waals surface area contributed by atoms with E-state index in [1.54, 1.807) is 6.20 Å². The first-order valence-electron chi connectivity index (χ1n) is 5.28. The van der Waals surface area contributed by atoms with E-state index in [0.29, 0.717) is 9.79 Å². The van der Waals surface area contributed by atoms with Crippen LogP contribution in [0, 0.1) is 4.77 Å². The summed E-state index contributed by atoms with van der Waals surface area (Å²) in [4.78, 5) is 2.94. The van der Waals surface area contributed by atoms with Gasteiger partial charge in [-0.1, -0.05) is 23.7 Å². The summed E-state index contributed by atoms with van der Waals surface area (Å²) in [5, 5.41) is 9.97. The van der Waals surface area contributed by atoms with Crippen molar-refractivity contribution in [1.29, 1.82) is 0 Å². The average molecular weight is 269 g/mol. The number of aromatic amines is 1. The number of nitrogens with zero attached hydrogens (tertiary/aromatic N) is 1. The van der Waals surface area contributed by atoms with Crippen LogP contribution in [0.1, 0.15) is 24.2 Å². The molecule has 2 rings (SSSR count). The minimum Gasteiger partial charge on any atom is -0.390 e. The van der Waals surface area contributed by atoms with Gasteiger partial charge in [0.2, 0.25) is 0 Å². The summed E-state index contributed by atoms with van der Waals surface area (Å²) in [6.07, 6.45) is 1.73. The van der Waals surface area contributed by atoms with E-state index >= 15 is 0 Å². The van der Waals surface area contributed by atoms with Crippen molar-refractivity contribution >= 4 is 23.8 Å². The molecular formula is C12H13ClN2OS. The first-order chi connectivity index (χ1) is 8.13. The first-order valence-corrected chi connectivity index (χ1v) is 6.07. The third kappa shape index (κ3) is 2.44. The molecule has 3 nitrogen and oxygen atoms in total. The minimum absolute atomic E-state index is 0.0366. The highest BCUT2D eigenvalue weighted by atomic mass is 35.5. The number of aliphatic hydroxyl groups excluding tert-OH is 1. The van der Waals surface area contributed by atoms with Crippen molar-refractivity contribution in [3.63, 3.8) is 0 Å². The molecule has 1 unspecified atom stereocenters. The van der Waals surface area contributed by atoms with E-state index < -0.39 is 0 Å². The van der Waals surface area contributed by atoms with Gasteiger partial charge in [0.1, 0.15) is 0 Å². The van der Waals surface area contributed by atoms with Crippen LogP contribution >= 0.6 is 23.8 Å². The van der Waals surface area contributed by atoms with Gasteiger partial charge in [0.15, 0.2) is 4.77 Å². The summed E-state index contributed by atoms with van der Waals surface area (Å²) >= 11 is 11.1. The second kappa shape index (κ2) is 5.04. The minimum atomic E-state index is -0.0366. The molecule has 1 heterocycles. The molecule has 0 amide bonds. The fraction of sp³-hybridized carbons (Fsp3) is 0.250. The lowest BCUT2D eigenvalue weighted by molar-refractivity contribution is 0.269. The Kier molecular flexibility index (Phi) is 3.66. The lowest BCUT2D eigenvalue weighted by Crippen LogP contribution is -2.10. The predicted molar refractivity (Wildman–Crippen MR) is 70.8 cm³/mol. The van der Waals surface area contributed by atoms with Gasteiger partial charge in [-0.2, -0.15) is 0 Å². The number of imidazole rings is 1. The Morgan fingerprint density at radius 2 is 2.06 bits per heavy atom. The number of rotatable bonds is 3. The van der Waals surface area contributed by atoms with E-state index in [1.165, 1.54) is 0 Å². The third-order valence-electron chi connectivity index (χ3n) is 2.79. The van der Waals surface area contributed by atoms with Crippen LogP contribution in [-0.2, 0) is 6.61 Å². The monoisotopic (exact) mass is 268 g/mol. The molecule has 5 heteroatoms. The Morgan fingerprint density at radius 3 is 2.65 bits per heavy atom. The zero-order valence-electron chi connectivity index (χ0n) is 9.35. The molecule has 0 radical (unpaired) electrons. The Labute approximate surface area is 110 Å². The van der Waals surface area contributed by atoms with Gasteiger partial charge >= 0.3 is 0 Å². The number of halogens is 1. The molecule has 0 saturated heterocycles. The van der Waals surface area contributed by atoms with Gasteiger partial charge in [-0.15, -0.1) is 0 Å². The molecule has 2 aromatic rings. The molecule has 0 saturated carbocycles. The van der Waals surface area contributed by atoms with Gasteiger partial charge in [-0.25, -0.2) is 0 Å². The van der Waals surface area contributed by atoms with Crippen molar-refractivity contribution in [3.05, 3.63) is 51.5 Å². The van der Waals surface area contributed by atoms with Gasteiger partial charge < -0.3 is 14.7 Å². The van der Waals surface area contributed by atoms with E-state index in [2.05, 4.69) is 4.98 Å². The van der Waals surface area contributed by atoms with Gasteiger partial charge in [0.25, 0.3) is 0 Å². The van der Waals surface area contributed by atoms with E-state index in [4.69, 9.17) is 23.8 Å². The molecule has 1 aromatic carbocycles. The maximum Gasteiger partial charge on any atom is 0.177 e. The van der Waals surface area contributed by atoms with E-state index in [1.807, 2.05) is 35.8 Å².